The molecule has 134 valence electrons. The van der Waals surface area contributed by atoms with Crippen LogP contribution in [0.2, 0.25) is 0 Å². The number of benzene rings is 2. The van der Waals surface area contributed by atoms with Gasteiger partial charge in [0.1, 0.15) is 5.82 Å². The second-order valence-electron chi connectivity index (χ2n) is 6.95. The van der Waals surface area contributed by atoms with Crippen molar-refractivity contribution in [2.45, 2.75) is 44.8 Å². The van der Waals surface area contributed by atoms with E-state index in [4.69, 9.17) is 14.7 Å². The highest BCUT2D eigenvalue weighted by Gasteiger charge is 2.24. The fourth-order valence-corrected chi connectivity index (χ4v) is 3.82. The SMILES string of the molecule is N#Cc1ccc(CN(Cc2ccc3c(c2)OCO3)C2CCCC2)c(F)c1. The molecule has 4 rings (SSSR count). The third-order valence-electron chi connectivity index (χ3n) is 5.22. The van der Waals surface area contributed by atoms with Gasteiger partial charge in [-0.2, -0.15) is 5.26 Å². The Bertz CT molecular complexity index is 840. The van der Waals surface area contributed by atoms with Crippen LogP contribution in [-0.4, -0.2) is 17.7 Å². The number of nitrogens with zero attached hydrogens (tertiary/aromatic N) is 2. The van der Waals surface area contributed by atoms with Gasteiger partial charge in [0.2, 0.25) is 6.79 Å². The summed E-state index contributed by atoms with van der Waals surface area (Å²) in [6.07, 6.45) is 4.72. The van der Waals surface area contributed by atoms with E-state index in [1.807, 2.05) is 24.3 Å². The number of hydrogen-bond donors (Lipinski definition) is 0. The molecule has 0 spiro atoms. The average Bonchev–Trinajstić information content (AvgIpc) is 3.34. The van der Waals surface area contributed by atoms with E-state index in [9.17, 15) is 4.39 Å². The minimum atomic E-state index is -0.308. The van der Waals surface area contributed by atoms with Crippen LogP contribution in [0.5, 0.6) is 11.5 Å². The number of ether oxygens (including phenoxy) is 2. The Morgan fingerprint density at radius 2 is 1.85 bits per heavy atom. The van der Waals surface area contributed by atoms with E-state index in [-0.39, 0.29) is 12.6 Å². The highest BCUT2D eigenvalue weighted by Crippen LogP contribution is 2.34. The van der Waals surface area contributed by atoms with Crippen LogP contribution < -0.4 is 9.47 Å². The Morgan fingerprint density at radius 1 is 1.04 bits per heavy atom. The second kappa shape index (κ2) is 7.35. The first-order valence-electron chi connectivity index (χ1n) is 9.04. The lowest BCUT2D eigenvalue weighted by Crippen LogP contribution is -2.32. The number of halogens is 1. The summed E-state index contributed by atoms with van der Waals surface area (Å²) in [6.45, 7) is 1.54. The molecule has 1 fully saturated rings. The van der Waals surface area contributed by atoms with Gasteiger partial charge in [0.25, 0.3) is 0 Å². The molecule has 0 atom stereocenters. The molecule has 2 aromatic rings. The fraction of sp³-hybridized carbons (Fsp3) is 0.381. The number of hydrogen-bond acceptors (Lipinski definition) is 4. The van der Waals surface area contributed by atoms with Crippen molar-refractivity contribution < 1.29 is 13.9 Å². The molecule has 2 aromatic carbocycles. The van der Waals surface area contributed by atoms with Crippen LogP contribution >= 0.6 is 0 Å². The maximum absolute atomic E-state index is 14.4. The summed E-state index contributed by atoms with van der Waals surface area (Å²) in [5.41, 5.74) is 2.13. The van der Waals surface area contributed by atoms with Crippen LogP contribution in [0, 0.1) is 17.1 Å². The van der Waals surface area contributed by atoms with Crippen molar-refractivity contribution in [2.24, 2.45) is 0 Å². The molecule has 1 aliphatic carbocycles. The first kappa shape index (κ1) is 16.9. The van der Waals surface area contributed by atoms with Crippen molar-refractivity contribution in [1.82, 2.24) is 4.90 Å². The van der Waals surface area contributed by atoms with Crippen molar-refractivity contribution >= 4 is 0 Å². The lowest BCUT2D eigenvalue weighted by molar-refractivity contribution is 0.172. The molecule has 0 bridgehead atoms. The first-order chi connectivity index (χ1) is 12.7. The normalized spacial score (nSPS) is 16.2. The van der Waals surface area contributed by atoms with Gasteiger partial charge in [-0.15, -0.1) is 0 Å². The first-order valence-corrected chi connectivity index (χ1v) is 9.04. The molecule has 2 aliphatic rings. The molecule has 1 heterocycles. The quantitative estimate of drug-likeness (QED) is 0.801. The summed E-state index contributed by atoms with van der Waals surface area (Å²) in [5.74, 6) is 1.25. The van der Waals surface area contributed by atoms with Gasteiger partial charge in [-0.25, -0.2) is 4.39 Å². The average molecular weight is 352 g/mol. The molecule has 4 nitrogen and oxygen atoms in total. The topological polar surface area (TPSA) is 45.5 Å². The lowest BCUT2D eigenvalue weighted by Gasteiger charge is -2.29. The highest BCUT2D eigenvalue weighted by molar-refractivity contribution is 5.44. The molecule has 0 N–H and O–H groups in total. The van der Waals surface area contributed by atoms with E-state index < -0.39 is 0 Å². The highest BCUT2D eigenvalue weighted by atomic mass is 19.1. The largest absolute Gasteiger partial charge is 0.454 e. The molecule has 0 saturated heterocycles. The predicted molar refractivity (Wildman–Crippen MR) is 95.2 cm³/mol. The van der Waals surface area contributed by atoms with E-state index in [1.54, 1.807) is 12.1 Å². The van der Waals surface area contributed by atoms with Gasteiger partial charge < -0.3 is 9.47 Å². The molecule has 0 unspecified atom stereocenters. The molecular weight excluding hydrogens is 331 g/mol. The van der Waals surface area contributed by atoms with Crippen LogP contribution in [-0.2, 0) is 13.1 Å². The zero-order valence-electron chi connectivity index (χ0n) is 14.6. The molecule has 1 aliphatic heterocycles. The van der Waals surface area contributed by atoms with Gasteiger partial charge >= 0.3 is 0 Å². The molecule has 5 heteroatoms. The number of rotatable bonds is 5. The van der Waals surface area contributed by atoms with Crippen LogP contribution in [0.15, 0.2) is 36.4 Å². The van der Waals surface area contributed by atoms with Crippen molar-refractivity contribution in [3.05, 3.63) is 58.9 Å². The van der Waals surface area contributed by atoms with Crippen LogP contribution in [0.3, 0.4) is 0 Å². The molecular formula is C21H21FN2O2. The van der Waals surface area contributed by atoms with E-state index in [2.05, 4.69) is 4.90 Å². The van der Waals surface area contributed by atoms with Gasteiger partial charge in [0.05, 0.1) is 11.6 Å². The molecule has 26 heavy (non-hydrogen) atoms. The maximum atomic E-state index is 14.4. The van der Waals surface area contributed by atoms with Crippen molar-refractivity contribution in [1.29, 1.82) is 5.26 Å². The zero-order chi connectivity index (χ0) is 17.9. The second-order valence-corrected chi connectivity index (χ2v) is 6.95. The van der Waals surface area contributed by atoms with Crippen LogP contribution in [0.25, 0.3) is 0 Å². The van der Waals surface area contributed by atoms with Crippen LogP contribution in [0.1, 0.15) is 42.4 Å². The van der Waals surface area contributed by atoms with E-state index in [1.165, 1.54) is 18.9 Å². The summed E-state index contributed by atoms with van der Waals surface area (Å²) < 4.78 is 25.2. The smallest absolute Gasteiger partial charge is 0.231 e. The molecule has 0 radical (unpaired) electrons. The maximum Gasteiger partial charge on any atom is 0.231 e. The molecule has 0 amide bonds. The third-order valence-corrected chi connectivity index (χ3v) is 5.22. The van der Waals surface area contributed by atoms with Gasteiger partial charge in [-0.05, 0) is 42.7 Å². The Morgan fingerprint density at radius 3 is 2.62 bits per heavy atom. The minimum Gasteiger partial charge on any atom is -0.454 e. The van der Waals surface area contributed by atoms with Crippen molar-refractivity contribution in [2.75, 3.05) is 6.79 Å². The van der Waals surface area contributed by atoms with Gasteiger partial charge in [-0.1, -0.05) is 25.0 Å². The summed E-state index contributed by atoms with van der Waals surface area (Å²) in [6, 6.07) is 13.2. The summed E-state index contributed by atoms with van der Waals surface area (Å²) in [4.78, 5) is 2.34. The fourth-order valence-electron chi connectivity index (χ4n) is 3.82. The number of nitriles is 1. The van der Waals surface area contributed by atoms with Gasteiger partial charge in [0.15, 0.2) is 11.5 Å². The van der Waals surface area contributed by atoms with E-state index in [0.29, 0.717) is 23.7 Å². The third kappa shape index (κ3) is 3.51. The van der Waals surface area contributed by atoms with Gasteiger partial charge in [0, 0.05) is 24.7 Å². The molecule has 0 aromatic heterocycles. The Hall–Kier alpha value is -2.58. The van der Waals surface area contributed by atoms with Gasteiger partial charge in [-0.3, -0.25) is 4.90 Å². The summed E-state index contributed by atoms with van der Waals surface area (Å²) in [7, 11) is 0. The predicted octanol–water partition coefficient (Wildman–Crippen LogP) is 4.37. The Kier molecular flexibility index (Phi) is 4.77. The summed E-state index contributed by atoms with van der Waals surface area (Å²) in [5, 5.41) is 8.93. The Balaban J connectivity index is 1.56. The molecule has 1 saturated carbocycles. The van der Waals surface area contributed by atoms with E-state index in [0.717, 1.165) is 36.4 Å². The summed E-state index contributed by atoms with van der Waals surface area (Å²) >= 11 is 0. The zero-order valence-corrected chi connectivity index (χ0v) is 14.6. The number of fused-ring (bicyclic) bond motifs is 1. The van der Waals surface area contributed by atoms with E-state index >= 15 is 0 Å². The minimum absolute atomic E-state index is 0.265. The van der Waals surface area contributed by atoms with Crippen molar-refractivity contribution in [3.63, 3.8) is 0 Å². The monoisotopic (exact) mass is 352 g/mol. The van der Waals surface area contributed by atoms with Crippen LogP contribution in [0.4, 0.5) is 4.39 Å². The Labute approximate surface area is 152 Å². The van der Waals surface area contributed by atoms with Crippen molar-refractivity contribution in [3.8, 4) is 17.6 Å². The lowest BCUT2D eigenvalue weighted by atomic mass is 10.1. The standard InChI is InChI=1S/C21H21FN2O2/c22-19-9-15(11-23)5-7-17(19)13-24(18-3-1-2-4-18)12-16-6-8-20-21(10-16)26-14-25-20/h5-10,18H,1-4,12-14H2.